The maximum Gasteiger partial charge on any atom is 0.331 e. The molecule has 2 aliphatic heterocycles. The largest absolute Gasteiger partial charge is 0.460 e. The lowest BCUT2D eigenvalue weighted by Crippen LogP contribution is -2.59. The molecule has 6 N–H and O–H groups in total. The molecule has 0 amide bonds. The quantitative estimate of drug-likeness (QED) is 0.175. The zero-order chi connectivity index (χ0) is 34.6. The number of ether oxygens (including phenoxy) is 4. The van der Waals surface area contributed by atoms with Crippen LogP contribution in [0.5, 0.6) is 0 Å². The fourth-order valence-electron chi connectivity index (χ4n) is 4.52. The van der Waals surface area contributed by atoms with Crippen LogP contribution in [0.25, 0.3) is 0 Å². The first kappa shape index (κ1) is 39.7. The van der Waals surface area contributed by atoms with Crippen LogP contribution in [0.2, 0.25) is 0 Å². The fourth-order valence-corrected chi connectivity index (χ4v) is 4.52. The van der Waals surface area contributed by atoms with Crippen molar-refractivity contribution in [2.24, 2.45) is 0 Å². The van der Waals surface area contributed by atoms with Crippen LogP contribution < -0.4 is 0 Å². The van der Waals surface area contributed by atoms with Crippen molar-refractivity contribution in [2.75, 3.05) is 6.61 Å². The molecule has 13 nitrogen and oxygen atoms in total. The molecule has 0 saturated carbocycles. The van der Waals surface area contributed by atoms with Crippen LogP contribution in [0.15, 0.2) is 72.9 Å². The van der Waals surface area contributed by atoms with Gasteiger partial charge in [-0.25, -0.2) is 4.79 Å². The van der Waals surface area contributed by atoms with Gasteiger partial charge in [0.1, 0.15) is 30.5 Å². The first-order chi connectivity index (χ1) is 22.5. The lowest BCUT2D eigenvalue weighted by Gasteiger charge is -2.39. The summed E-state index contributed by atoms with van der Waals surface area (Å²) < 4.78 is 21.0. The lowest BCUT2D eigenvalue weighted by molar-refractivity contribution is -0.292. The second kappa shape index (κ2) is 22.2. The van der Waals surface area contributed by atoms with Crippen LogP contribution in [-0.2, 0) is 33.3 Å². The molecule has 47 heavy (non-hydrogen) atoms. The molecule has 0 radical (unpaired) electrons. The molecule has 0 spiro atoms. The Morgan fingerprint density at radius 3 is 2.23 bits per heavy atom. The molecular weight excluding hydrogens is 616 g/mol. The number of esters is 3. The number of cyclic esters (lactones) is 1. The summed E-state index contributed by atoms with van der Waals surface area (Å²) in [6, 6.07) is 0. The van der Waals surface area contributed by atoms with Crippen LogP contribution >= 0.6 is 0 Å². The molecule has 2 aliphatic rings. The highest BCUT2D eigenvalue weighted by Crippen LogP contribution is 2.22. The Morgan fingerprint density at radius 1 is 0.830 bits per heavy atom. The summed E-state index contributed by atoms with van der Waals surface area (Å²) in [7, 11) is 0. The third-order valence-corrected chi connectivity index (χ3v) is 7.13. The van der Waals surface area contributed by atoms with E-state index in [2.05, 4.69) is 0 Å². The minimum atomic E-state index is -1.77. The van der Waals surface area contributed by atoms with E-state index in [9.17, 15) is 45.0 Å². The molecule has 0 aromatic heterocycles. The number of carbonyl (C=O) groups is 3. The van der Waals surface area contributed by atoms with E-state index in [0.717, 1.165) is 12.8 Å². The van der Waals surface area contributed by atoms with Crippen molar-refractivity contribution in [1.82, 2.24) is 0 Å². The Bertz CT molecular complexity index is 1140. The van der Waals surface area contributed by atoms with Crippen LogP contribution in [0, 0.1) is 0 Å². The number of aliphatic hydroxyl groups is 6. The van der Waals surface area contributed by atoms with Crippen LogP contribution in [0.1, 0.15) is 58.3 Å². The van der Waals surface area contributed by atoms with E-state index in [-0.39, 0.29) is 31.8 Å². The maximum absolute atomic E-state index is 12.6. The predicted octanol–water partition coefficient (Wildman–Crippen LogP) is 1.37. The van der Waals surface area contributed by atoms with Crippen molar-refractivity contribution >= 4 is 17.9 Å². The molecule has 0 aliphatic carbocycles. The number of hydrogen-bond donors (Lipinski definition) is 6. The molecule has 0 bridgehead atoms. The van der Waals surface area contributed by atoms with E-state index in [0.29, 0.717) is 6.42 Å². The van der Waals surface area contributed by atoms with Crippen molar-refractivity contribution in [1.29, 1.82) is 0 Å². The second-order valence-corrected chi connectivity index (χ2v) is 11.2. The third kappa shape index (κ3) is 16.3. The molecule has 0 aromatic rings. The summed E-state index contributed by atoms with van der Waals surface area (Å²) in [4.78, 5) is 37.0. The average Bonchev–Trinajstić information content (AvgIpc) is 3.02. The highest BCUT2D eigenvalue weighted by atomic mass is 16.7. The molecule has 1 fully saturated rings. The average molecular weight is 665 g/mol. The van der Waals surface area contributed by atoms with Crippen molar-refractivity contribution in [3.63, 3.8) is 0 Å². The van der Waals surface area contributed by atoms with Crippen molar-refractivity contribution in [3.8, 4) is 0 Å². The van der Waals surface area contributed by atoms with Gasteiger partial charge in [0, 0.05) is 18.9 Å². The highest BCUT2D eigenvalue weighted by Gasteiger charge is 2.45. The normalized spacial score (nSPS) is 36.0. The SMILES string of the molecule is C[C@@H]1CCC/C=C\C=C/[C@H](O)C[C@H](O)C/C=C\C=C/[C@H](OC(=O)CCC(=O)O[C@@H]2O[C@@H](CO)[C@H](O)[C@H](O)[C@@H]2O)C/C=C\C=C/C(=O)O1. The summed E-state index contributed by atoms with van der Waals surface area (Å²) >= 11 is 0. The molecule has 0 unspecified atom stereocenters. The van der Waals surface area contributed by atoms with E-state index < -0.39 is 80.0 Å². The Labute approximate surface area is 274 Å². The van der Waals surface area contributed by atoms with Crippen molar-refractivity contribution < 1.29 is 64.0 Å². The van der Waals surface area contributed by atoms with Gasteiger partial charge in [0.25, 0.3) is 0 Å². The molecule has 0 aromatic carbocycles. The van der Waals surface area contributed by atoms with E-state index in [1.54, 1.807) is 48.6 Å². The van der Waals surface area contributed by atoms with Crippen LogP contribution in [0.3, 0.4) is 0 Å². The molecule has 2 heterocycles. The zero-order valence-corrected chi connectivity index (χ0v) is 26.5. The molecule has 1 saturated heterocycles. The molecule has 262 valence electrons. The van der Waals surface area contributed by atoms with Gasteiger partial charge in [-0.3, -0.25) is 9.59 Å². The Morgan fingerprint density at radius 2 is 1.49 bits per heavy atom. The molecule has 9 atom stereocenters. The number of allylic oxidation sites excluding steroid dienone is 7. The van der Waals surface area contributed by atoms with Crippen molar-refractivity contribution in [2.45, 2.75) is 113 Å². The second-order valence-electron chi connectivity index (χ2n) is 11.2. The lowest BCUT2D eigenvalue weighted by atomic mass is 9.99. The summed E-state index contributed by atoms with van der Waals surface area (Å²) in [6.07, 6.45) is 11.2. The first-order valence-corrected chi connectivity index (χ1v) is 15.8. The van der Waals surface area contributed by atoms with Gasteiger partial charge in [-0.15, -0.1) is 0 Å². The summed E-state index contributed by atoms with van der Waals surface area (Å²) in [5, 5.41) is 59.4. The van der Waals surface area contributed by atoms with Crippen LogP contribution in [-0.4, -0.2) is 110 Å². The van der Waals surface area contributed by atoms with E-state index in [4.69, 9.17) is 18.9 Å². The van der Waals surface area contributed by atoms with Gasteiger partial charge in [-0.05, 0) is 38.7 Å². The third-order valence-electron chi connectivity index (χ3n) is 7.13. The number of aliphatic hydroxyl groups excluding tert-OH is 6. The van der Waals surface area contributed by atoms with Gasteiger partial charge in [-0.2, -0.15) is 0 Å². The Kier molecular flexibility index (Phi) is 18.8. The highest BCUT2D eigenvalue weighted by molar-refractivity contribution is 5.82. The van der Waals surface area contributed by atoms with Gasteiger partial charge < -0.3 is 49.6 Å². The number of carbonyl (C=O) groups excluding carboxylic acids is 3. The maximum atomic E-state index is 12.6. The predicted molar refractivity (Wildman–Crippen MR) is 169 cm³/mol. The van der Waals surface area contributed by atoms with E-state index in [1.807, 2.05) is 19.1 Å². The smallest absolute Gasteiger partial charge is 0.331 e. The summed E-state index contributed by atoms with van der Waals surface area (Å²) in [5.41, 5.74) is 0. The molecular formula is C34H48O13. The minimum Gasteiger partial charge on any atom is -0.460 e. The molecule has 2 rings (SSSR count). The van der Waals surface area contributed by atoms with Crippen molar-refractivity contribution in [3.05, 3.63) is 72.9 Å². The van der Waals surface area contributed by atoms with Gasteiger partial charge in [0.05, 0.1) is 37.8 Å². The van der Waals surface area contributed by atoms with Crippen LogP contribution in [0.4, 0.5) is 0 Å². The number of hydrogen-bond acceptors (Lipinski definition) is 13. The monoisotopic (exact) mass is 664 g/mol. The van der Waals surface area contributed by atoms with E-state index in [1.165, 1.54) is 12.2 Å². The fraction of sp³-hybridized carbons (Fsp3) is 0.559. The Hall–Kier alpha value is -3.43. The van der Waals surface area contributed by atoms with Gasteiger partial charge in [0.2, 0.25) is 6.29 Å². The zero-order valence-electron chi connectivity index (χ0n) is 26.5. The Balaban J connectivity index is 2.00. The molecule has 13 heteroatoms. The number of rotatable bonds is 6. The minimum absolute atomic E-state index is 0.151. The topological polar surface area (TPSA) is 210 Å². The van der Waals surface area contributed by atoms with Gasteiger partial charge in [0.15, 0.2) is 0 Å². The first-order valence-electron chi connectivity index (χ1n) is 15.8. The van der Waals surface area contributed by atoms with Gasteiger partial charge >= 0.3 is 17.9 Å². The van der Waals surface area contributed by atoms with Gasteiger partial charge in [-0.1, -0.05) is 60.8 Å². The standard InChI is InChI=1S/C34H48O13/c1-23-13-7-3-2-4-8-14-24(36)21-25(37)15-9-5-10-16-26(17-11-6-12-18-28(38)44-23)45-29(39)19-20-30(40)47-34-33(43)32(42)31(41)27(22-35)46-34/h2,4-6,8-12,14,16,18,23-27,31-37,41-43H,3,7,13,15,17,19-22H2,1H3/b4-2-,9-5-,11-6-,14-8-,16-10-,18-12-/t23-,24+,25-,26+,27+,31+,32+,33+,34+/m1/s1. The van der Waals surface area contributed by atoms with E-state index >= 15 is 0 Å². The summed E-state index contributed by atoms with van der Waals surface area (Å²) in [6.45, 7) is 1.12. The summed E-state index contributed by atoms with van der Waals surface area (Å²) in [5.74, 6) is -2.17.